The van der Waals surface area contributed by atoms with E-state index in [0.717, 1.165) is 6.42 Å². The van der Waals surface area contributed by atoms with Crippen LogP contribution in [0, 0.1) is 5.92 Å². The number of nitrogens with one attached hydrogen (secondary N) is 1. The van der Waals surface area contributed by atoms with Crippen LogP contribution in [0.3, 0.4) is 0 Å². The van der Waals surface area contributed by atoms with Crippen molar-refractivity contribution in [1.29, 1.82) is 0 Å². The lowest BCUT2D eigenvalue weighted by molar-refractivity contribution is -0.123. The molecule has 1 atom stereocenters. The van der Waals surface area contributed by atoms with E-state index in [9.17, 15) is 4.79 Å². The Morgan fingerprint density at radius 1 is 1.45 bits per heavy atom. The van der Waals surface area contributed by atoms with Crippen LogP contribution >= 0.6 is 23.2 Å². The monoisotopic (exact) mass is 319 g/mol. The SMILES string of the molecule is CCC(CCO)CNC(=O)COc1ccc(Cl)cc1Cl. The molecule has 0 saturated carbocycles. The Kier molecular flexibility index (Phi) is 7.73. The topological polar surface area (TPSA) is 58.6 Å². The van der Waals surface area contributed by atoms with Gasteiger partial charge in [-0.15, -0.1) is 0 Å². The van der Waals surface area contributed by atoms with Crippen LogP contribution in [0.25, 0.3) is 0 Å². The van der Waals surface area contributed by atoms with Crippen molar-refractivity contribution in [2.45, 2.75) is 19.8 Å². The molecule has 1 rings (SSSR count). The summed E-state index contributed by atoms with van der Waals surface area (Å²) in [5.74, 6) is 0.490. The molecule has 0 spiro atoms. The van der Waals surface area contributed by atoms with E-state index in [4.69, 9.17) is 33.0 Å². The molecular weight excluding hydrogens is 301 g/mol. The largest absolute Gasteiger partial charge is 0.482 e. The molecule has 0 radical (unpaired) electrons. The molecule has 20 heavy (non-hydrogen) atoms. The standard InChI is InChI=1S/C14H19Cl2NO3/c1-2-10(5-6-18)8-17-14(19)9-20-13-4-3-11(15)7-12(13)16/h3-4,7,10,18H,2,5-6,8-9H2,1H3,(H,17,19). The summed E-state index contributed by atoms with van der Waals surface area (Å²) >= 11 is 11.7. The molecule has 0 bridgehead atoms. The second-order valence-electron chi connectivity index (χ2n) is 4.45. The number of aliphatic hydroxyl groups excluding tert-OH is 1. The fourth-order valence-electron chi connectivity index (χ4n) is 1.68. The Morgan fingerprint density at radius 2 is 2.20 bits per heavy atom. The summed E-state index contributed by atoms with van der Waals surface area (Å²) < 4.78 is 5.33. The van der Waals surface area contributed by atoms with Crippen LogP contribution in [0.4, 0.5) is 0 Å². The first-order valence-electron chi connectivity index (χ1n) is 6.52. The van der Waals surface area contributed by atoms with E-state index in [0.29, 0.717) is 28.8 Å². The minimum atomic E-state index is -0.215. The molecule has 0 aromatic heterocycles. The van der Waals surface area contributed by atoms with Gasteiger partial charge in [0, 0.05) is 18.2 Å². The number of halogens is 2. The molecule has 0 aliphatic rings. The second kappa shape index (κ2) is 9.06. The lowest BCUT2D eigenvalue weighted by Crippen LogP contribution is -2.33. The third-order valence-electron chi connectivity index (χ3n) is 2.96. The van der Waals surface area contributed by atoms with Crippen molar-refractivity contribution < 1.29 is 14.6 Å². The molecular formula is C14H19Cl2NO3. The summed E-state index contributed by atoms with van der Waals surface area (Å²) in [6.45, 7) is 2.59. The highest BCUT2D eigenvalue weighted by Gasteiger charge is 2.09. The molecule has 2 N–H and O–H groups in total. The molecule has 0 aliphatic heterocycles. The van der Waals surface area contributed by atoms with E-state index in [1.54, 1.807) is 18.2 Å². The Labute approximate surface area is 129 Å². The number of hydrogen-bond acceptors (Lipinski definition) is 3. The van der Waals surface area contributed by atoms with Crippen LogP contribution in [-0.2, 0) is 4.79 Å². The summed E-state index contributed by atoms with van der Waals surface area (Å²) in [6, 6.07) is 4.83. The number of amides is 1. The van der Waals surface area contributed by atoms with Gasteiger partial charge in [-0.1, -0.05) is 36.5 Å². The zero-order chi connectivity index (χ0) is 15.0. The first-order chi connectivity index (χ1) is 9.56. The third kappa shape index (κ3) is 5.99. The summed E-state index contributed by atoms with van der Waals surface area (Å²) in [4.78, 5) is 11.7. The number of benzene rings is 1. The number of aliphatic hydroxyl groups is 1. The van der Waals surface area contributed by atoms with Gasteiger partial charge in [0.05, 0.1) is 5.02 Å². The van der Waals surface area contributed by atoms with E-state index in [1.165, 1.54) is 0 Å². The minimum absolute atomic E-state index is 0.100. The Bertz CT molecular complexity index is 440. The van der Waals surface area contributed by atoms with Crippen LogP contribution in [0.1, 0.15) is 19.8 Å². The molecule has 1 aromatic rings. The molecule has 0 aliphatic carbocycles. The van der Waals surface area contributed by atoms with Gasteiger partial charge in [-0.2, -0.15) is 0 Å². The van der Waals surface area contributed by atoms with Gasteiger partial charge in [0.2, 0.25) is 0 Å². The van der Waals surface area contributed by atoms with Crippen LogP contribution in [-0.4, -0.2) is 30.8 Å². The number of hydrogen-bond donors (Lipinski definition) is 2. The van der Waals surface area contributed by atoms with Crippen molar-refractivity contribution in [2.24, 2.45) is 5.92 Å². The van der Waals surface area contributed by atoms with Gasteiger partial charge in [0.25, 0.3) is 5.91 Å². The van der Waals surface area contributed by atoms with Crippen molar-refractivity contribution >= 4 is 29.1 Å². The fourth-order valence-corrected chi connectivity index (χ4v) is 2.14. The third-order valence-corrected chi connectivity index (χ3v) is 3.49. The molecule has 1 aromatic carbocycles. The van der Waals surface area contributed by atoms with Gasteiger partial charge in [-0.3, -0.25) is 4.79 Å². The van der Waals surface area contributed by atoms with Crippen molar-refractivity contribution in [3.8, 4) is 5.75 Å². The highest BCUT2D eigenvalue weighted by atomic mass is 35.5. The summed E-state index contributed by atoms with van der Waals surface area (Å²) in [6.07, 6.45) is 1.59. The van der Waals surface area contributed by atoms with E-state index >= 15 is 0 Å². The van der Waals surface area contributed by atoms with Crippen LogP contribution in [0.5, 0.6) is 5.75 Å². The predicted octanol–water partition coefficient (Wildman–Crippen LogP) is 2.90. The quantitative estimate of drug-likeness (QED) is 0.774. The highest BCUT2D eigenvalue weighted by molar-refractivity contribution is 6.35. The molecule has 0 fully saturated rings. The predicted molar refractivity (Wildman–Crippen MR) is 80.5 cm³/mol. The maximum absolute atomic E-state index is 11.7. The zero-order valence-corrected chi connectivity index (χ0v) is 12.9. The first-order valence-corrected chi connectivity index (χ1v) is 7.27. The van der Waals surface area contributed by atoms with Crippen molar-refractivity contribution in [3.63, 3.8) is 0 Å². The van der Waals surface area contributed by atoms with Crippen molar-refractivity contribution in [3.05, 3.63) is 28.2 Å². The van der Waals surface area contributed by atoms with Gasteiger partial charge in [-0.25, -0.2) is 0 Å². The van der Waals surface area contributed by atoms with Gasteiger partial charge < -0.3 is 15.2 Å². The maximum Gasteiger partial charge on any atom is 0.257 e. The smallest absolute Gasteiger partial charge is 0.257 e. The van der Waals surface area contributed by atoms with Crippen LogP contribution in [0.2, 0.25) is 10.0 Å². The lowest BCUT2D eigenvalue weighted by Gasteiger charge is -2.14. The Morgan fingerprint density at radius 3 is 2.80 bits per heavy atom. The summed E-state index contributed by atoms with van der Waals surface area (Å²) in [5, 5.41) is 12.5. The van der Waals surface area contributed by atoms with E-state index in [-0.39, 0.29) is 25.0 Å². The highest BCUT2D eigenvalue weighted by Crippen LogP contribution is 2.27. The second-order valence-corrected chi connectivity index (χ2v) is 5.30. The number of carbonyl (C=O) groups is 1. The van der Waals surface area contributed by atoms with Crippen LogP contribution < -0.4 is 10.1 Å². The van der Waals surface area contributed by atoms with Crippen molar-refractivity contribution in [2.75, 3.05) is 19.8 Å². The minimum Gasteiger partial charge on any atom is -0.482 e. The number of carbonyl (C=O) groups excluding carboxylic acids is 1. The molecule has 4 nitrogen and oxygen atoms in total. The van der Waals surface area contributed by atoms with Gasteiger partial charge >= 0.3 is 0 Å². The van der Waals surface area contributed by atoms with E-state index < -0.39 is 0 Å². The summed E-state index contributed by atoms with van der Waals surface area (Å²) in [5.41, 5.74) is 0. The molecule has 0 heterocycles. The van der Waals surface area contributed by atoms with Gasteiger partial charge in [0.1, 0.15) is 5.75 Å². The average Bonchev–Trinajstić information content (AvgIpc) is 2.42. The Hall–Kier alpha value is -0.970. The molecule has 1 unspecified atom stereocenters. The molecule has 0 saturated heterocycles. The normalized spacial score (nSPS) is 12.0. The maximum atomic E-state index is 11.7. The summed E-state index contributed by atoms with van der Waals surface area (Å²) in [7, 11) is 0. The molecule has 112 valence electrons. The fraction of sp³-hybridized carbons (Fsp3) is 0.500. The average molecular weight is 320 g/mol. The lowest BCUT2D eigenvalue weighted by atomic mass is 10.0. The molecule has 6 heteroatoms. The number of ether oxygens (including phenoxy) is 1. The van der Waals surface area contributed by atoms with Crippen molar-refractivity contribution in [1.82, 2.24) is 5.32 Å². The Balaban J connectivity index is 2.36. The van der Waals surface area contributed by atoms with Gasteiger partial charge in [0.15, 0.2) is 6.61 Å². The number of rotatable bonds is 8. The first kappa shape index (κ1) is 17.1. The van der Waals surface area contributed by atoms with Gasteiger partial charge in [-0.05, 0) is 30.5 Å². The van der Waals surface area contributed by atoms with E-state index in [2.05, 4.69) is 5.32 Å². The molecule has 1 amide bonds. The van der Waals surface area contributed by atoms with Crippen LogP contribution in [0.15, 0.2) is 18.2 Å². The van der Waals surface area contributed by atoms with E-state index in [1.807, 2.05) is 6.92 Å². The zero-order valence-electron chi connectivity index (χ0n) is 11.4.